The van der Waals surface area contributed by atoms with Gasteiger partial charge in [0.2, 0.25) is 0 Å². The van der Waals surface area contributed by atoms with E-state index in [1.807, 2.05) is 0 Å². The molecule has 1 aromatic rings. The highest BCUT2D eigenvalue weighted by Gasteiger charge is 2.36. The zero-order valence-corrected chi connectivity index (χ0v) is 9.72. The zero-order valence-electron chi connectivity index (χ0n) is 9.72. The second kappa shape index (κ2) is 4.05. The van der Waals surface area contributed by atoms with E-state index in [1.54, 1.807) is 20.8 Å². The fourth-order valence-corrected chi connectivity index (χ4v) is 1.57. The molecule has 0 aliphatic rings. The van der Waals surface area contributed by atoms with Crippen molar-refractivity contribution >= 4 is 5.97 Å². The number of hydrogen-bond donors (Lipinski definition) is 1. The molecule has 0 atom stereocenters. The highest BCUT2D eigenvalue weighted by molar-refractivity contribution is 5.88. The van der Waals surface area contributed by atoms with E-state index >= 15 is 0 Å². The predicted molar refractivity (Wildman–Crippen MR) is 57.1 cm³/mol. The average Bonchev–Trinajstić information content (AvgIpc) is 2.14. The highest BCUT2D eigenvalue weighted by atomic mass is 19.4. The van der Waals surface area contributed by atoms with E-state index in [4.69, 9.17) is 5.11 Å². The van der Waals surface area contributed by atoms with Crippen LogP contribution in [0.5, 0.6) is 0 Å². The summed E-state index contributed by atoms with van der Waals surface area (Å²) in [5.41, 5.74) is -1.84. The molecule has 0 heterocycles. The molecule has 0 aliphatic carbocycles. The maximum atomic E-state index is 12.8. The van der Waals surface area contributed by atoms with Crippen molar-refractivity contribution in [3.8, 4) is 0 Å². The minimum Gasteiger partial charge on any atom is -0.478 e. The van der Waals surface area contributed by atoms with Crippen LogP contribution in [0.3, 0.4) is 0 Å². The molecule has 0 spiro atoms. The summed E-state index contributed by atoms with van der Waals surface area (Å²) in [6, 6.07) is 3.10. The molecule has 0 saturated carbocycles. The van der Waals surface area contributed by atoms with Gasteiger partial charge in [0.15, 0.2) is 0 Å². The summed E-state index contributed by atoms with van der Waals surface area (Å²) in [6.07, 6.45) is -4.55. The van der Waals surface area contributed by atoms with Crippen LogP contribution in [-0.2, 0) is 11.6 Å². The van der Waals surface area contributed by atoms with Gasteiger partial charge in [-0.3, -0.25) is 0 Å². The van der Waals surface area contributed by atoms with Crippen LogP contribution in [0.4, 0.5) is 13.2 Å². The van der Waals surface area contributed by atoms with Crippen LogP contribution in [0.15, 0.2) is 18.2 Å². The molecule has 17 heavy (non-hydrogen) atoms. The third-order valence-corrected chi connectivity index (χ3v) is 2.38. The summed E-state index contributed by atoms with van der Waals surface area (Å²) in [4.78, 5) is 10.7. The minimum absolute atomic E-state index is 0.0926. The van der Waals surface area contributed by atoms with Crippen LogP contribution < -0.4 is 0 Å². The molecule has 5 heteroatoms. The number of aromatic carboxylic acids is 1. The molecule has 0 fully saturated rings. The van der Waals surface area contributed by atoms with Crippen LogP contribution in [-0.4, -0.2) is 11.1 Å². The first kappa shape index (κ1) is 13.5. The molecular weight excluding hydrogens is 233 g/mol. The van der Waals surface area contributed by atoms with Gasteiger partial charge < -0.3 is 5.11 Å². The van der Waals surface area contributed by atoms with Crippen molar-refractivity contribution in [3.05, 3.63) is 34.9 Å². The normalized spacial score (nSPS) is 12.6. The van der Waals surface area contributed by atoms with E-state index in [2.05, 4.69) is 0 Å². The summed E-state index contributed by atoms with van der Waals surface area (Å²) >= 11 is 0. The lowest BCUT2D eigenvalue weighted by atomic mass is 9.83. The van der Waals surface area contributed by atoms with Gasteiger partial charge in [0.1, 0.15) is 0 Å². The Labute approximate surface area is 97.1 Å². The number of rotatable bonds is 1. The molecule has 0 amide bonds. The first-order chi connectivity index (χ1) is 7.53. The van der Waals surface area contributed by atoms with E-state index in [1.165, 1.54) is 12.1 Å². The van der Waals surface area contributed by atoms with Crippen LogP contribution in [0.2, 0.25) is 0 Å². The molecular formula is C12H13F3O2. The van der Waals surface area contributed by atoms with Crippen LogP contribution in [0.1, 0.15) is 42.3 Å². The van der Waals surface area contributed by atoms with Crippen LogP contribution >= 0.6 is 0 Å². The Bertz CT molecular complexity index is 442. The molecule has 0 unspecified atom stereocenters. The van der Waals surface area contributed by atoms with Crippen molar-refractivity contribution < 1.29 is 23.1 Å². The Hall–Kier alpha value is -1.52. The van der Waals surface area contributed by atoms with Gasteiger partial charge in [-0.25, -0.2) is 4.79 Å². The molecule has 1 aromatic carbocycles. The fourth-order valence-electron chi connectivity index (χ4n) is 1.57. The van der Waals surface area contributed by atoms with E-state index in [0.29, 0.717) is 6.07 Å². The maximum absolute atomic E-state index is 12.8. The highest BCUT2D eigenvalue weighted by Crippen LogP contribution is 2.37. The van der Waals surface area contributed by atoms with E-state index < -0.39 is 23.1 Å². The largest absolute Gasteiger partial charge is 0.478 e. The smallest absolute Gasteiger partial charge is 0.416 e. The van der Waals surface area contributed by atoms with E-state index in [-0.39, 0.29) is 11.1 Å². The summed E-state index contributed by atoms with van der Waals surface area (Å²) in [6.45, 7) is 4.95. The molecule has 0 radical (unpaired) electrons. The predicted octanol–water partition coefficient (Wildman–Crippen LogP) is 3.70. The number of alkyl halides is 3. The van der Waals surface area contributed by atoms with Gasteiger partial charge in [0, 0.05) is 0 Å². The molecule has 1 N–H and O–H groups in total. The summed E-state index contributed by atoms with van der Waals surface area (Å²) in [5, 5.41) is 8.70. The van der Waals surface area contributed by atoms with E-state index in [0.717, 1.165) is 0 Å². The number of halogens is 3. The summed E-state index contributed by atoms with van der Waals surface area (Å²) in [7, 11) is 0. The van der Waals surface area contributed by atoms with Crippen molar-refractivity contribution in [2.75, 3.05) is 0 Å². The standard InChI is InChI=1S/C12H13F3O2/c1-11(2,3)8-5-4-7(10(16)17)6-9(8)12(13,14)15/h4-6H,1-3H3,(H,16,17). The van der Waals surface area contributed by atoms with Gasteiger partial charge in [-0.15, -0.1) is 0 Å². The van der Waals surface area contributed by atoms with Gasteiger partial charge in [-0.2, -0.15) is 13.2 Å². The number of benzene rings is 1. The monoisotopic (exact) mass is 246 g/mol. The average molecular weight is 246 g/mol. The Morgan fingerprint density at radius 3 is 2.00 bits per heavy atom. The fraction of sp³-hybridized carbons (Fsp3) is 0.417. The van der Waals surface area contributed by atoms with Crippen molar-refractivity contribution in [1.82, 2.24) is 0 Å². The van der Waals surface area contributed by atoms with Gasteiger partial charge >= 0.3 is 12.1 Å². The molecule has 0 bridgehead atoms. The second-order valence-corrected chi connectivity index (χ2v) is 4.81. The Morgan fingerprint density at radius 2 is 1.65 bits per heavy atom. The third-order valence-electron chi connectivity index (χ3n) is 2.38. The number of carbonyl (C=O) groups is 1. The molecule has 94 valence electrons. The first-order valence-corrected chi connectivity index (χ1v) is 4.98. The maximum Gasteiger partial charge on any atom is 0.416 e. The third kappa shape index (κ3) is 2.99. The van der Waals surface area contributed by atoms with Gasteiger partial charge in [-0.05, 0) is 23.1 Å². The second-order valence-electron chi connectivity index (χ2n) is 4.81. The first-order valence-electron chi connectivity index (χ1n) is 4.98. The van der Waals surface area contributed by atoms with Crippen LogP contribution in [0.25, 0.3) is 0 Å². The van der Waals surface area contributed by atoms with Gasteiger partial charge in [0.25, 0.3) is 0 Å². The SMILES string of the molecule is CC(C)(C)c1ccc(C(=O)O)cc1C(F)(F)F. The molecule has 1 rings (SSSR count). The minimum atomic E-state index is -4.55. The Kier molecular flexibility index (Phi) is 3.23. The van der Waals surface area contributed by atoms with Crippen molar-refractivity contribution in [3.63, 3.8) is 0 Å². The molecule has 2 nitrogen and oxygen atoms in total. The molecule has 0 aromatic heterocycles. The lowest BCUT2D eigenvalue weighted by Gasteiger charge is -2.24. The van der Waals surface area contributed by atoms with Crippen molar-refractivity contribution in [2.45, 2.75) is 32.4 Å². The van der Waals surface area contributed by atoms with Gasteiger partial charge in [-0.1, -0.05) is 26.8 Å². The summed E-state index contributed by atoms with van der Waals surface area (Å²) in [5.74, 6) is -1.36. The van der Waals surface area contributed by atoms with E-state index in [9.17, 15) is 18.0 Å². The number of carboxylic acid groups (broad SMARTS) is 1. The lowest BCUT2D eigenvalue weighted by Crippen LogP contribution is -2.20. The number of carboxylic acids is 1. The zero-order chi connectivity index (χ0) is 13.4. The quantitative estimate of drug-likeness (QED) is 0.820. The Morgan fingerprint density at radius 1 is 1.12 bits per heavy atom. The lowest BCUT2D eigenvalue weighted by molar-refractivity contribution is -0.138. The van der Waals surface area contributed by atoms with Crippen molar-refractivity contribution in [1.29, 1.82) is 0 Å². The summed E-state index contributed by atoms with van der Waals surface area (Å²) < 4.78 is 38.5. The Balaban J connectivity index is 3.49. The molecule has 0 aliphatic heterocycles. The number of hydrogen-bond acceptors (Lipinski definition) is 1. The van der Waals surface area contributed by atoms with Gasteiger partial charge in [0.05, 0.1) is 11.1 Å². The van der Waals surface area contributed by atoms with Crippen LogP contribution in [0, 0.1) is 0 Å². The molecule has 0 saturated heterocycles. The topological polar surface area (TPSA) is 37.3 Å². The van der Waals surface area contributed by atoms with Crippen molar-refractivity contribution in [2.24, 2.45) is 0 Å².